The van der Waals surface area contributed by atoms with Crippen molar-refractivity contribution in [1.29, 1.82) is 0 Å². The van der Waals surface area contributed by atoms with Crippen LogP contribution < -0.4 is 5.32 Å². The van der Waals surface area contributed by atoms with Crippen LogP contribution >= 0.6 is 0 Å². The van der Waals surface area contributed by atoms with Crippen LogP contribution in [0.2, 0.25) is 0 Å². The predicted molar refractivity (Wildman–Crippen MR) is 112 cm³/mol. The largest absolute Gasteiger partial charge is 0.354 e. The summed E-state index contributed by atoms with van der Waals surface area (Å²) in [5.74, 6) is -0.0326. The van der Waals surface area contributed by atoms with E-state index in [9.17, 15) is 9.59 Å². The van der Waals surface area contributed by atoms with Crippen LogP contribution in [-0.2, 0) is 16.0 Å². The van der Waals surface area contributed by atoms with Crippen molar-refractivity contribution in [2.75, 3.05) is 27.2 Å². The molecule has 1 saturated carbocycles. The molecule has 1 aromatic carbocycles. The Bertz CT molecular complexity index is 665. The van der Waals surface area contributed by atoms with Gasteiger partial charge in [-0.1, -0.05) is 50.5 Å². The molecule has 1 aromatic rings. The van der Waals surface area contributed by atoms with Crippen LogP contribution in [0.5, 0.6) is 0 Å². The summed E-state index contributed by atoms with van der Waals surface area (Å²) >= 11 is 0. The molecule has 5 nitrogen and oxygen atoms in total. The lowest BCUT2D eigenvalue weighted by molar-refractivity contribution is -0.130. The minimum atomic E-state index is -0.209. The van der Waals surface area contributed by atoms with Gasteiger partial charge in [0, 0.05) is 25.6 Å². The summed E-state index contributed by atoms with van der Waals surface area (Å²) in [5, 5.41) is 3.12. The Hall–Kier alpha value is -1.88. The number of hydrogen-bond donors (Lipinski definition) is 1. The summed E-state index contributed by atoms with van der Waals surface area (Å²) in [4.78, 5) is 29.3. The van der Waals surface area contributed by atoms with E-state index in [2.05, 4.69) is 41.4 Å². The maximum atomic E-state index is 12.8. The highest BCUT2D eigenvalue weighted by Gasteiger charge is 2.38. The summed E-state index contributed by atoms with van der Waals surface area (Å²) in [5.41, 5.74) is 2.52. The first-order valence-electron chi connectivity index (χ1n) is 10.8. The minimum Gasteiger partial charge on any atom is -0.354 e. The first-order chi connectivity index (χ1) is 13.5. The fraction of sp³-hybridized carbons (Fsp3) is 0.652. The zero-order valence-corrected chi connectivity index (χ0v) is 17.6. The molecule has 28 heavy (non-hydrogen) atoms. The number of benzene rings is 1. The van der Waals surface area contributed by atoms with Crippen molar-refractivity contribution in [3.05, 3.63) is 35.4 Å². The van der Waals surface area contributed by atoms with E-state index < -0.39 is 0 Å². The van der Waals surface area contributed by atoms with Gasteiger partial charge in [0.1, 0.15) is 0 Å². The topological polar surface area (TPSA) is 52.7 Å². The molecule has 1 saturated heterocycles. The Morgan fingerprint density at radius 3 is 2.46 bits per heavy atom. The molecular formula is C23H35N3O2. The molecule has 2 unspecified atom stereocenters. The molecule has 0 aromatic heterocycles. The average Bonchev–Trinajstić information content (AvgIpc) is 3.10. The second-order valence-corrected chi connectivity index (χ2v) is 8.56. The smallest absolute Gasteiger partial charge is 0.225 e. The van der Waals surface area contributed by atoms with E-state index in [1.54, 1.807) is 0 Å². The summed E-state index contributed by atoms with van der Waals surface area (Å²) in [6.45, 7) is 3.30. The number of aryl methyl sites for hydroxylation is 1. The Labute approximate surface area is 169 Å². The number of rotatable bonds is 7. The fourth-order valence-corrected chi connectivity index (χ4v) is 4.57. The van der Waals surface area contributed by atoms with Crippen LogP contribution in [-0.4, -0.2) is 54.8 Å². The van der Waals surface area contributed by atoms with E-state index >= 15 is 0 Å². The van der Waals surface area contributed by atoms with Crippen molar-refractivity contribution >= 4 is 11.8 Å². The highest BCUT2D eigenvalue weighted by Crippen LogP contribution is 2.29. The standard InChI is InChI=1S/C23H35N3O2/c1-4-17-10-12-18(13-11-17)21(25(2)3)15-24-23(28)19-14-22(27)26(16-19)20-8-6-5-7-9-20/h10-13,19-21H,4-9,14-16H2,1-3H3,(H,24,28). The van der Waals surface area contributed by atoms with Crippen LogP contribution in [0.3, 0.4) is 0 Å². The van der Waals surface area contributed by atoms with Gasteiger partial charge in [-0.15, -0.1) is 0 Å². The van der Waals surface area contributed by atoms with Gasteiger partial charge in [0.25, 0.3) is 0 Å². The van der Waals surface area contributed by atoms with Gasteiger partial charge >= 0.3 is 0 Å². The van der Waals surface area contributed by atoms with Crippen molar-refractivity contribution in [2.45, 2.75) is 64.0 Å². The number of carbonyl (C=O) groups is 2. The number of likely N-dealkylation sites (N-methyl/N-ethyl adjacent to an activating group) is 1. The maximum absolute atomic E-state index is 12.8. The molecule has 2 fully saturated rings. The SMILES string of the molecule is CCc1ccc(C(CNC(=O)C2CC(=O)N(C3CCCCC3)C2)N(C)C)cc1. The molecule has 1 heterocycles. The normalized spacial score (nSPS) is 21.9. The minimum absolute atomic E-state index is 0.0173. The zero-order valence-electron chi connectivity index (χ0n) is 17.6. The van der Waals surface area contributed by atoms with Gasteiger partial charge in [0.2, 0.25) is 11.8 Å². The summed E-state index contributed by atoms with van der Waals surface area (Å²) in [6, 6.07) is 9.10. The molecule has 0 spiro atoms. The van der Waals surface area contributed by atoms with E-state index in [0.717, 1.165) is 19.3 Å². The number of likely N-dealkylation sites (tertiary alicyclic amines) is 1. The molecule has 1 aliphatic heterocycles. The molecule has 5 heteroatoms. The molecule has 3 rings (SSSR count). The number of amides is 2. The average molecular weight is 386 g/mol. The molecular weight excluding hydrogens is 350 g/mol. The molecule has 2 amide bonds. The molecule has 1 aliphatic carbocycles. The van der Waals surface area contributed by atoms with Crippen LogP contribution in [0.15, 0.2) is 24.3 Å². The number of nitrogens with one attached hydrogen (secondary N) is 1. The molecule has 0 bridgehead atoms. The van der Waals surface area contributed by atoms with E-state index in [4.69, 9.17) is 0 Å². The molecule has 154 valence electrons. The van der Waals surface area contributed by atoms with Crippen molar-refractivity contribution in [3.63, 3.8) is 0 Å². The predicted octanol–water partition coefficient (Wildman–Crippen LogP) is 3.15. The van der Waals surface area contributed by atoms with E-state index in [-0.39, 0.29) is 23.8 Å². The lowest BCUT2D eigenvalue weighted by atomic mass is 9.94. The Balaban J connectivity index is 1.56. The molecule has 1 N–H and O–H groups in total. The third-order valence-corrected chi connectivity index (χ3v) is 6.41. The van der Waals surface area contributed by atoms with Crippen LogP contribution in [0.4, 0.5) is 0 Å². The van der Waals surface area contributed by atoms with Crippen LogP contribution in [0, 0.1) is 5.92 Å². The van der Waals surface area contributed by atoms with Gasteiger partial charge in [-0.2, -0.15) is 0 Å². The Morgan fingerprint density at radius 2 is 1.86 bits per heavy atom. The zero-order chi connectivity index (χ0) is 20.1. The van der Waals surface area contributed by atoms with Gasteiger partial charge < -0.3 is 15.1 Å². The van der Waals surface area contributed by atoms with Crippen molar-refractivity contribution in [1.82, 2.24) is 15.1 Å². The lowest BCUT2D eigenvalue weighted by Crippen LogP contribution is -2.40. The second-order valence-electron chi connectivity index (χ2n) is 8.56. The highest BCUT2D eigenvalue weighted by atomic mass is 16.2. The number of carbonyl (C=O) groups excluding carboxylic acids is 2. The number of hydrogen-bond acceptors (Lipinski definition) is 3. The second kappa shape index (κ2) is 9.55. The monoisotopic (exact) mass is 385 g/mol. The van der Waals surface area contributed by atoms with Gasteiger partial charge in [-0.05, 0) is 44.5 Å². The quantitative estimate of drug-likeness (QED) is 0.784. The van der Waals surface area contributed by atoms with Crippen LogP contribution in [0.1, 0.15) is 62.6 Å². The third-order valence-electron chi connectivity index (χ3n) is 6.41. The Morgan fingerprint density at radius 1 is 1.18 bits per heavy atom. The number of nitrogens with zero attached hydrogens (tertiary/aromatic N) is 2. The first-order valence-corrected chi connectivity index (χ1v) is 10.8. The van der Waals surface area contributed by atoms with Crippen molar-refractivity contribution in [3.8, 4) is 0 Å². The van der Waals surface area contributed by atoms with E-state index in [0.29, 0.717) is 25.6 Å². The third kappa shape index (κ3) is 4.93. The van der Waals surface area contributed by atoms with Gasteiger partial charge in [-0.25, -0.2) is 0 Å². The lowest BCUT2D eigenvalue weighted by Gasteiger charge is -2.31. The Kier molecular flexibility index (Phi) is 7.11. The summed E-state index contributed by atoms with van der Waals surface area (Å²) < 4.78 is 0. The van der Waals surface area contributed by atoms with E-state index in [1.165, 1.54) is 30.4 Å². The van der Waals surface area contributed by atoms with Gasteiger partial charge in [0.15, 0.2) is 0 Å². The summed E-state index contributed by atoms with van der Waals surface area (Å²) in [7, 11) is 4.07. The van der Waals surface area contributed by atoms with E-state index in [1.807, 2.05) is 19.0 Å². The van der Waals surface area contributed by atoms with Gasteiger partial charge in [-0.3, -0.25) is 9.59 Å². The molecule has 0 radical (unpaired) electrons. The van der Waals surface area contributed by atoms with Crippen molar-refractivity contribution < 1.29 is 9.59 Å². The van der Waals surface area contributed by atoms with Crippen LogP contribution in [0.25, 0.3) is 0 Å². The first kappa shape index (κ1) is 20.8. The molecule has 2 atom stereocenters. The van der Waals surface area contributed by atoms with Gasteiger partial charge in [0.05, 0.1) is 12.0 Å². The maximum Gasteiger partial charge on any atom is 0.225 e. The highest BCUT2D eigenvalue weighted by molar-refractivity contribution is 5.89. The van der Waals surface area contributed by atoms with Crippen molar-refractivity contribution in [2.24, 2.45) is 5.92 Å². The summed E-state index contributed by atoms with van der Waals surface area (Å²) in [6.07, 6.45) is 7.25. The molecule has 2 aliphatic rings. The fourth-order valence-electron chi connectivity index (χ4n) is 4.57.